The normalized spacial score (nSPS) is 9.56. The quantitative estimate of drug-likeness (QED) is 0.522. The van der Waals surface area contributed by atoms with Crippen LogP contribution in [0.3, 0.4) is 0 Å². The minimum atomic E-state index is -1.26. The molecule has 1 aromatic heterocycles. The molecule has 0 fully saturated rings. The number of hydrogen-bond donors (Lipinski definition) is 4. The van der Waals surface area contributed by atoms with Crippen LogP contribution in [-0.4, -0.2) is 43.8 Å². The van der Waals surface area contributed by atoms with Gasteiger partial charge in [0.15, 0.2) is 0 Å². The average molecular weight is 228 g/mol. The molecule has 0 saturated carbocycles. The lowest BCUT2D eigenvalue weighted by Crippen LogP contribution is -1.91. The summed E-state index contributed by atoms with van der Waals surface area (Å²) in [6.07, 6.45) is 5.15. The van der Waals surface area contributed by atoms with Gasteiger partial charge in [-0.3, -0.25) is 0 Å². The van der Waals surface area contributed by atoms with Crippen LogP contribution in [0.25, 0.3) is 0 Å². The van der Waals surface area contributed by atoms with Crippen LogP contribution in [0.15, 0.2) is 24.5 Å². The Morgan fingerprint density at radius 1 is 1.31 bits per heavy atom. The number of H-pyrrole nitrogens is 1. The van der Waals surface area contributed by atoms with Crippen LogP contribution in [0.4, 0.5) is 0 Å². The number of aliphatic hydroxyl groups is 1. The van der Waals surface area contributed by atoms with Gasteiger partial charge in [0.25, 0.3) is 0 Å². The summed E-state index contributed by atoms with van der Waals surface area (Å²) in [5, 5.41) is 24.0. The van der Waals surface area contributed by atoms with Crippen molar-refractivity contribution in [3.63, 3.8) is 0 Å². The number of rotatable bonds is 4. The van der Waals surface area contributed by atoms with Gasteiger partial charge in [-0.25, -0.2) is 14.6 Å². The third-order valence-electron chi connectivity index (χ3n) is 1.27. The minimum absolute atomic E-state index is 0.160. The first-order valence-electron chi connectivity index (χ1n) is 4.29. The molecule has 4 N–H and O–H groups in total. The van der Waals surface area contributed by atoms with E-state index in [1.54, 1.807) is 12.4 Å². The zero-order chi connectivity index (χ0) is 12.4. The third-order valence-corrected chi connectivity index (χ3v) is 1.27. The van der Waals surface area contributed by atoms with Crippen LogP contribution >= 0.6 is 0 Å². The predicted octanol–water partition coefficient (Wildman–Crippen LogP) is -0.344. The number of imidazole rings is 1. The highest BCUT2D eigenvalue weighted by molar-refractivity contribution is 5.89. The topological polar surface area (TPSA) is 124 Å². The molecule has 0 aliphatic rings. The fraction of sp³-hybridized carbons (Fsp3) is 0.222. The number of aliphatic carboxylic acids is 2. The molecule has 16 heavy (non-hydrogen) atoms. The lowest BCUT2D eigenvalue weighted by atomic mass is 10.4. The van der Waals surface area contributed by atoms with Crippen LogP contribution < -0.4 is 0 Å². The Morgan fingerprint density at radius 3 is 2.19 bits per heavy atom. The van der Waals surface area contributed by atoms with Crippen LogP contribution in [0.1, 0.15) is 5.82 Å². The second-order valence-corrected chi connectivity index (χ2v) is 2.52. The number of nitrogens with one attached hydrogen (secondary N) is 1. The Kier molecular flexibility index (Phi) is 7.08. The fourth-order valence-electron chi connectivity index (χ4n) is 0.683. The van der Waals surface area contributed by atoms with Crippen molar-refractivity contribution < 1.29 is 24.9 Å². The Bertz CT molecular complexity index is 329. The number of aromatic nitrogens is 2. The first-order chi connectivity index (χ1) is 7.56. The molecule has 0 aromatic carbocycles. The van der Waals surface area contributed by atoms with E-state index in [4.69, 9.17) is 15.3 Å². The summed E-state index contributed by atoms with van der Waals surface area (Å²) in [5.74, 6) is -1.67. The standard InChI is InChI=1S/C5H8N2O.C4H4O4/c8-4-1-5-6-2-3-7-5;5-3(6)1-2-4(7)8/h2-3,8H,1,4H2,(H,6,7);1-2H,(H,5,6)(H,7,8)/b;2-1-. The van der Waals surface area contributed by atoms with Gasteiger partial charge in [-0.1, -0.05) is 0 Å². The molecule has 0 aliphatic carbocycles. The summed E-state index contributed by atoms with van der Waals surface area (Å²) >= 11 is 0. The molecular weight excluding hydrogens is 216 g/mol. The van der Waals surface area contributed by atoms with Crippen molar-refractivity contribution in [2.75, 3.05) is 6.61 Å². The van der Waals surface area contributed by atoms with Gasteiger partial charge in [0.05, 0.1) is 6.61 Å². The van der Waals surface area contributed by atoms with Crippen molar-refractivity contribution in [3.05, 3.63) is 30.4 Å². The predicted molar refractivity (Wildman–Crippen MR) is 53.8 cm³/mol. The van der Waals surface area contributed by atoms with Crippen molar-refractivity contribution in [2.24, 2.45) is 0 Å². The zero-order valence-corrected chi connectivity index (χ0v) is 8.33. The molecule has 7 nitrogen and oxygen atoms in total. The molecule has 0 bridgehead atoms. The van der Waals surface area contributed by atoms with E-state index in [0.717, 1.165) is 5.82 Å². The van der Waals surface area contributed by atoms with Gasteiger partial charge < -0.3 is 20.3 Å². The Labute approximate surface area is 91.1 Å². The third kappa shape index (κ3) is 8.45. The largest absolute Gasteiger partial charge is 0.478 e. The molecule has 0 aliphatic heterocycles. The molecule has 0 radical (unpaired) electrons. The highest BCUT2D eigenvalue weighted by Gasteiger charge is 1.88. The van der Waals surface area contributed by atoms with Crippen LogP contribution in [-0.2, 0) is 16.0 Å². The van der Waals surface area contributed by atoms with Crippen molar-refractivity contribution >= 4 is 11.9 Å². The Hall–Kier alpha value is -2.15. The number of aromatic amines is 1. The molecule has 0 unspecified atom stereocenters. The van der Waals surface area contributed by atoms with Gasteiger partial charge in [0.2, 0.25) is 0 Å². The average Bonchev–Trinajstić information content (AvgIpc) is 2.69. The van der Waals surface area contributed by atoms with Crippen molar-refractivity contribution in [1.82, 2.24) is 9.97 Å². The highest BCUT2D eigenvalue weighted by Crippen LogP contribution is 1.86. The molecule has 88 valence electrons. The maximum atomic E-state index is 9.55. The van der Waals surface area contributed by atoms with Crippen molar-refractivity contribution in [3.8, 4) is 0 Å². The zero-order valence-electron chi connectivity index (χ0n) is 8.33. The summed E-state index contributed by atoms with van der Waals surface area (Å²) < 4.78 is 0. The summed E-state index contributed by atoms with van der Waals surface area (Å²) in [5.41, 5.74) is 0. The molecule has 7 heteroatoms. The van der Waals surface area contributed by atoms with Gasteiger partial charge >= 0.3 is 11.9 Å². The van der Waals surface area contributed by atoms with E-state index in [1.807, 2.05) is 0 Å². The SMILES string of the molecule is O=C(O)/C=C\C(=O)O.OCCc1ncc[nH]1. The van der Waals surface area contributed by atoms with Crippen LogP contribution in [0.2, 0.25) is 0 Å². The number of nitrogens with zero attached hydrogens (tertiary/aromatic N) is 1. The van der Waals surface area contributed by atoms with E-state index < -0.39 is 11.9 Å². The first kappa shape index (κ1) is 13.8. The van der Waals surface area contributed by atoms with E-state index in [-0.39, 0.29) is 6.61 Å². The molecule has 1 rings (SSSR count). The molecule has 0 atom stereocenters. The van der Waals surface area contributed by atoms with Gasteiger partial charge in [0.1, 0.15) is 5.82 Å². The molecule has 0 spiro atoms. The van der Waals surface area contributed by atoms with Gasteiger partial charge in [-0.2, -0.15) is 0 Å². The summed E-state index contributed by atoms with van der Waals surface area (Å²) in [4.78, 5) is 25.9. The minimum Gasteiger partial charge on any atom is -0.478 e. The van der Waals surface area contributed by atoms with Gasteiger partial charge in [0, 0.05) is 31.0 Å². The summed E-state index contributed by atoms with van der Waals surface area (Å²) in [6, 6.07) is 0. The van der Waals surface area contributed by atoms with E-state index in [9.17, 15) is 9.59 Å². The smallest absolute Gasteiger partial charge is 0.328 e. The maximum Gasteiger partial charge on any atom is 0.328 e. The molecule has 1 aromatic rings. The second kappa shape index (κ2) is 8.18. The number of carbonyl (C=O) groups is 2. The molecule has 0 saturated heterocycles. The summed E-state index contributed by atoms with van der Waals surface area (Å²) in [6.45, 7) is 0.160. The van der Waals surface area contributed by atoms with E-state index in [0.29, 0.717) is 18.6 Å². The second-order valence-electron chi connectivity index (χ2n) is 2.52. The summed E-state index contributed by atoms with van der Waals surface area (Å²) in [7, 11) is 0. The highest BCUT2D eigenvalue weighted by atomic mass is 16.4. The van der Waals surface area contributed by atoms with E-state index in [1.165, 1.54) is 0 Å². The first-order valence-corrected chi connectivity index (χ1v) is 4.29. The fourth-order valence-corrected chi connectivity index (χ4v) is 0.683. The maximum absolute atomic E-state index is 9.55. The van der Waals surface area contributed by atoms with Crippen molar-refractivity contribution in [2.45, 2.75) is 6.42 Å². The number of carboxylic acid groups (broad SMARTS) is 2. The number of carboxylic acids is 2. The van der Waals surface area contributed by atoms with Gasteiger partial charge in [-0.15, -0.1) is 0 Å². The van der Waals surface area contributed by atoms with E-state index >= 15 is 0 Å². The molecular formula is C9H12N2O5. The molecule has 0 amide bonds. The lowest BCUT2D eigenvalue weighted by molar-refractivity contribution is -0.134. The van der Waals surface area contributed by atoms with Crippen LogP contribution in [0, 0.1) is 0 Å². The lowest BCUT2D eigenvalue weighted by Gasteiger charge is -1.85. The number of hydrogen-bond acceptors (Lipinski definition) is 4. The Morgan fingerprint density at radius 2 is 1.88 bits per heavy atom. The van der Waals surface area contributed by atoms with E-state index in [2.05, 4.69) is 9.97 Å². The molecule has 1 heterocycles. The van der Waals surface area contributed by atoms with Gasteiger partial charge in [-0.05, 0) is 0 Å². The van der Waals surface area contributed by atoms with Crippen molar-refractivity contribution in [1.29, 1.82) is 0 Å². The van der Waals surface area contributed by atoms with Crippen LogP contribution in [0.5, 0.6) is 0 Å². The monoisotopic (exact) mass is 228 g/mol. The Balaban J connectivity index is 0.000000281. The number of aliphatic hydroxyl groups excluding tert-OH is 1.